The van der Waals surface area contributed by atoms with E-state index >= 15 is 0 Å². The number of ether oxygens (including phenoxy) is 1. The topological polar surface area (TPSA) is 101 Å². The van der Waals surface area contributed by atoms with Crippen molar-refractivity contribution < 1.29 is 9.53 Å². The second kappa shape index (κ2) is 6.98. The molecule has 0 saturated heterocycles. The normalized spacial score (nSPS) is 10.3. The van der Waals surface area contributed by atoms with Gasteiger partial charge in [0.15, 0.2) is 5.13 Å². The number of nitrogens with two attached hydrogens (primary N) is 1. The van der Waals surface area contributed by atoms with Gasteiger partial charge >= 0.3 is 0 Å². The first-order valence-corrected chi connectivity index (χ1v) is 8.01. The fourth-order valence-electron chi connectivity index (χ4n) is 2.21. The smallest absolute Gasteiger partial charge is 0.252 e. The Morgan fingerprint density at radius 3 is 2.88 bits per heavy atom. The number of fused-ring (bicyclic) bond motifs is 1. The number of hydrogen-bond donors (Lipinski definition) is 2. The van der Waals surface area contributed by atoms with E-state index in [0.717, 1.165) is 10.3 Å². The maximum atomic E-state index is 12.1. The van der Waals surface area contributed by atoms with Crippen molar-refractivity contribution in [3.8, 4) is 11.8 Å². The van der Waals surface area contributed by atoms with Crippen LogP contribution in [0.3, 0.4) is 0 Å². The first kappa shape index (κ1) is 15.8. The zero-order valence-electron chi connectivity index (χ0n) is 12.7. The van der Waals surface area contributed by atoms with E-state index in [4.69, 9.17) is 15.7 Å². The number of benzene rings is 2. The van der Waals surface area contributed by atoms with E-state index < -0.39 is 0 Å². The standard InChI is InChI=1S/C17H14N4O2S/c18-6-7-20-16(22)12-8-13(15-14(9-12)24-17(19)21-15)23-10-11-4-2-1-3-5-11/h1-5,8-9H,7,10H2,(H2,19,21)(H,20,22). The summed E-state index contributed by atoms with van der Waals surface area (Å²) in [6.45, 7) is 0.304. The molecule has 24 heavy (non-hydrogen) atoms. The van der Waals surface area contributed by atoms with Crippen LogP contribution in [0.5, 0.6) is 5.75 Å². The number of nitrogens with zero attached hydrogens (tertiary/aromatic N) is 2. The molecule has 3 rings (SSSR count). The summed E-state index contributed by atoms with van der Waals surface area (Å²) in [6, 6.07) is 14.9. The largest absolute Gasteiger partial charge is 0.487 e. The maximum Gasteiger partial charge on any atom is 0.252 e. The summed E-state index contributed by atoms with van der Waals surface area (Å²) in [7, 11) is 0. The Balaban J connectivity index is 1.92. The molecule has 2 aromatic carbocycles. The Hall–Kier alpha value is -3.11. The number of aromatic nitrogens is 1. The summed E-state index contributed by atoms with van der Waals surface area (Å²) in [5.41, 5.74) is 7.83. The van der Waals surface area contributed by atoms with E-state index in [1.165, 1.54) is 11.3 Å². The molecule has 0 saturated carbocycles. The fraction of sp³-hybridized carbons (Fsp3) is 0.118. The minimum absolute atomic E-state index is 0.0537. The molecule has 1 heterocycles. The zero-order valence-corrected chi connectivity index (χ0v) is 13.5. The van der Waals surface area contributed by atoms with Crippen molar-refractivity contribution in [3.63, 3.8) is 0 Å². The van der Waals surface area contributed by atoms with E-state index in [1.54, 1.807) is 12.1 Å². The number of carbonyl (C=O) groups excluding carboxylic acids is 1. The van der Waals surface area contributed by atoms with E-state index in [-0.39, 0.29) is 12.5 Å². The van der Waals surface area contributed by atoms with Crippen molar-refractivity contribution in [1.82, 2.24) is 10.3 Å². The van der Waals surface area contributed by atoms with Gasteiger partial charge in [-0.05, 0) is 17.7 Å². The molecule has 3 aromatic rings. The molecule has 0 unspecified atom stereocenters. The van der Waals surface area contributed by atoms with Gasteiger partial charge in [-0.1, -0.05) is 41.7 Å². The van der Waals surface area contributed by atoms with Crippen molar-refractivity contribution in [2.24, 2.45) is 0 Å². The lowest BCUT2D eigenvalue weighted by Gasteiger charge is -2.09. The number of carbonyl (C=O) groups is 1. The number of nitrogen functional groups attached to an aromatic ring is 1. The second-order valence-corrected chi connectivity index (χ2v) is 6.05. The minimum atomic E-state index is -0.338. The molecule has 1 aromatic heterocycles. The van der Waals surface area contributed by atoms with Crippen LogP contribution < -0.4 is 15.8 Å². The summed E-state index contributed by atoms with van der Waals surface area (Å²) >= 11 is 1.29. The Morgan fingerprint density at radius 2 is 2.12 bits per heavy atom. The first-order chi connectivity index (χ1) is 11.7. The number of rotatable bonds is 5. The SMILES string of the molecule is N#CCNC(=O)c1cc(OCc2ccccc2)c2nc(N)sc2c1. The van der Waals surface area contributed by atoms with E-state index in [2.05, 4.69) is 10.3 Å². The van der Waals surface area contributed by atoms with Gasteiger partial charge in [0, 0.05) is 5.56 Å². The summed E-state index contributed by atoms with van der Waals surface area (Å²) < 4.78 is 6.62. The molecule has 1 amide bonds. The fourth-order valence-corrected chi connectivity index (χ4v) is 3.01. The second-order valence-electron chi connectivity index (χ2n) is 4.99. The number of nitriles is 1. The van der Waals surface area contributed by atoms with Crippen LogP contribution in [0.4, 0.5) is 5.13 Å². The van der Waals surface area contributed by atoms with E-state index in [9.17, 15) is 4.79 Å². The lowest BCUT2D eigenvalue weighted by molar-refractivity contribution is 0.0958. The van der Waals surface area contributed by atoms with Crippen LogP contribution >= 0.6 is 11.3 Å². The van der Waals surface area contributed by atoms with Gasteiger partial charge in [0.25, 0.3) is 5.91 Å². The van der Waals surface area contributed by atoms with Crippen LogP contribution in [-0.2, 0) is 6.61 Å². The third-order valence-corrected chi connectivity index (χ3v) is 4.14. The Labute approximate surface area is 142 Å². The number of nitrogens with one attached hydrogen (secondary N) is 1. The van der Waals surface area contributed by atoms with Crippen LogP contribution in [0.25, 0.3) is 10.2 Å². The van der Waals surface area contributed by atoms with Gasteiger partial charge in [-0.3, -0.25) is 4.79 Å². The Morgan fingerprint density at radius 1 is 1.33 bits per heavy atom. The molecule has 0 radical (unpaired) electrons. The van der Waals surface area contributed by atoms with Crippen molar-refractivity contribution in [2.75, 3.05) is 12.3 Å². The molecule has 0 aliphatic heterocycles. The van der Waals surface area contributed by atoms with Gasteiger partial charge in [0.1, 0.15) is 24.4 Å². The Kier molecular flexibility index (Phi) is 4.59. The van der Waals surface area contributed by atoms with Gasteiger partial charge in [0.05, 0.1) is 10.8 Å². The average Bonchev–Trinajstić information content (AvgIpc) is 2.98. The third kappa shape index (κ3) is 3.45. The molecule has 7 heteroatoms. The predicted molar refractivity (Wildman–Crippen MR) is 92.8 cm³/mol. The molecule has 0 fully saturated rings. The highest BCUT2D eigenvalue weighted by molar-refractivity contribution is 7.22. The minimum Gasteiger partial charge on any atom is -0.487 e. The monoisotopic (exact) mass is 338 g/mol. The van der Waals surface area contributed by atoms with Gasteiger partial charge in [-0.2, -0.15) is 5.26 Å². The summed E-state index contributed by atoms with van der Waals surface area (Å²) in [4.78, 5) is 16.4. The predicted octanol–water partition coefficient (Wildman–Crippen LogP) is 2.71. The van der Waals surface area contributed by atoms with Crippen LogP contribution in [-0.4, -0.2) is 17.4 Å². The highest BCUT2D eigenvalue weighted by Gasteiger charge is 2.14. The van der Waals surface area contributed by atoms with Crippen molar-refractivity contribution in [2.45, 2.75) is 6.61 Å². The highest BCUT2D eigenvalue weighted by Crippen LogP contribution is 2.33. The molecule has 0 aliphatic carbocycles. The number of thiazole rings is 1. The van der Waals surface area contributed by atoms with Crippen LogP contribution in [0.1, 0.15) is 15.9 Å². The van der Waals surface area contributed by atoms with Gasteiger partial charge in [0.2, 0.25) is 0 Å². The molecule has 0 bridgehead atoms. The number of hydrogen-bond acceptors (Lipinski definition) is 6. The van der Waals surface area contributed by atoms with E-state index in [1.807, 2.05) is 36.4 Å². The number of amides is 1. The van der Waals surface area contributed by atoms with Gasteiger partial charge in [-0.15, -0.1) is 0 Å². The molecular weight excluding hydrogens is 324 g/mol. The summed E-state index contributed by atoms with van der Waals surface area (Å²) in [6.07, 6.45) is 0. The molecule has 0 aliphatic rings. The molecule has 0 atom stereocenters. The maximum absolute atomic E-state index is 12.1. The van der Waals surface area contributed by atoms with Crippen LogP contribution in [0, 0.1) is 11.3 Å². The van der Waals surface area contributed by atoms with Gasteiger partial charge < -0.3 is 15.8 Å². The van der Waals surface area contributed by atoms with E-state index in [0.29, 0.717) is 28.6 Å². The van der Waals surface area contributed by atoms with Crippen LogP contribution in [0.15, 0.2) is 42.5 Å². The molecule has 6 nitrogen and oxygen atoms in total. The molecular formula is C17H14N4O2S. The molecule has 120 valence electrons. The van der Waals surface area contributed by atoms with Gasteiger partial charge in [-0.25, -0.2) is 4.98 Å². The van der Waals surface area contributed by atoms with Crippen molar-refractivity contribution >= 4 is 32.6 Å². The molecule has 0 spiro atoms. The molecule has 3 N–H and O–H groups in total. The van der Waals surface area contributed by atoms with Crippen molar-refractivity contribution in [3.05, 3.63) is 53.6 Å². The Bertz CT molecular complexity index is 915. The quantitative estimate of drug-likeness (QED) is 0.697. The first-order valence-electron chi connectivity index (χ1n) is 7.19. The summed E-state index contributed by atoms with van der Waals surface area (Å²) in [5, 5.41) is 11.5. The average molecular weight is 338 g/mol. The lowest BCUT2D eigenvalue weighted by Crippen LogP contribution is -2.23. The lowest BCUT2D eigenvalue weighted by atomic mass is 10.2. The highest BCUT2D eigenvalue weighted by atomic mass is 32.1. The number of anilines is 1. The summed E-state index contributed by atoms with van der Waals surface area (Å²) in [5.74, 6) is 0.154. The van der Waals surface area contributed by atoms with Crippen molar-refractivity contribution in [1.29, 1.82) is 5.26 Å². The third-order valence-electron chi connectivity index (χ3n) is 3.30. The zero-order chi connectivity index (χ0) is 16.9. The van der Waals surface area contributed by atoms with Crippen LogP contribution in [0.2, 0.25) is 0 Å².